The predicted molar refractivity (Wildman–Crippen MR) is 122 cm³/mol. The maximum absolute atomic E-state index is 13.0. The molecule has 1 heterocycles. The van der Waals surface area contributed by atoms with Gasteiger partial charge in [-0.25, -0.2) is 9.78 Å². The molecule has 32 heavy (non-hydrogen) atoms. The Morgan fingerprint density at radius 2 is 1.66 bits per heavy atom. The Morgan fingerprint density at radius 1 is 1.06 bits per heavy atom. The van der Waals surface area contributed by atoms with Crippen LogP contribution in [0.3, 0.4) is 0 Å². The van der Waals surface area contributed by atoms with Crippen molar-refractivity contribution in [1.82, 2.24) is 25.9 Å². The molecule has 0 radical (unpaired) electrons. The number of carboxylic acids is 1. The van der Waals surface area contributed by atoms with Crippen molar-refractivity contribution in [2.24, 2.45) is 17.6 Å². The van der Waals surface area contributed by atoms with E-state index in [2.05, 4.69) is 38.5 Å². The van der Waals surface area contributed by atoms with Gasteiger partial charge in [-0.05, 0) is 18.3 Å². The van der Waals surface area contributed by atoms with Crippen LogP contribution in [0.5, 0.6) is 0 Å². The number of hydrogen-bond acceptors (Lipinski definition) is 7. The van der Waals surface area contributed by atoms with Crippen LogP contribution in [0.25, 0.3) is 0 Å². The lowest BCUT2D eigenvalue weighted by molar-refractivity contribution is -0.143. The lowest BCUT2D eigenvalue weighted by atomic mass is 10.00. The lowest BCUT2D eigenvalue weighted by Gasteiger charge is -2.26. The van der Waals surface area contributed by atoms with Gasteiger partial charge in [0.15, 0.2) is 0 Å². The van der Waals surface area contributed by atoms with E-state index in [9.17, 15) is 24.3 Å². The Kier molecular flexibility index (Phi) is 11.2. The maximum atomic E-state index is 13.0. The summed E-state index contributed by atoms with van der Waals surface area (Å²) in [5.41, 5.74) is 6.30. The number of imidazole rings is 1. The molecule has 0 bridgehead atoms. The number of nitrogens with zero attached hydrogens (tertiary/aromatic N) is 1. The van der Waals surface area contributed by atoms with Crippen LogP contribution in [0.4, 0.5) is 0 Å². The molecular weight excluding hydrogens is 436 g/mol. The molecule has 1 aromatic heterocycles. The Hall–Kier alpha value is -2.60. The van der Waals surface area contributed by atoms with Crippen LogP contribution in [0.15, 0.2) is 12.5 Å². The Balaban J connectivity index is 3.03. The van der Waals surface area contributed by atoms with E-state index in [1.165, 1.54) is 12.5 Å². The SMILES string of the molecule is CC(C)CC(NC(=O)C(Cc1cnc[nH]1)NC(=O)C(N)CS)C(=O)NC(C(=O)O)C(C)C. The largest absolute Gasteiger partial charge is 0.480 e. The second-order valence-electron chi connectivity index (χ2n) is 8.39. The molecule has 3 amide bonds. The van der Waals surface area contributed by atoms with Crippen molar-refractivity contribution in [1.29, 1.82) is 0 Å². The van der Waals surface area contributed by atoms with Gasteiger partial charge in [-0.3, -0.25) is 14.4 Å². The van der Waals surface area contributed by atoms with Gasteiger partial charge in [0.2, 0.25) is 17.7 Å². The summed E-state index contributed by atoms with van der Waals surface area (Å²) in [5.74, 6) is -3.14. The third-order valence-corrected chi connectivity index (χ3v) is 5.11. The number of aromatic nitrogens is 2. The first-order valence-corrected chi connectivity index (χ1v) is 11.1. The predicted octanol–water partition coefficient (Wildman–Crippen LogP) is -0.550. The highest BCUT2D eigenvalue weighted by atomic mass is 32.1. The first-order chi connectivity index (χ1) is 15.0. The van der Waals surface area contributed by atoms with Crippen molar-refractivity contribution in [2.45, 2.75) is 64.7 Å². The molecular formula is C20H34N6O5S. The zero-order valence-electron chi connectivity index (χ0n) is 18.8. The molecule has 0 saturated heterocycles. The van der Waals surface area contributed by atoms with Gasteiger partial charge in [-0.15, -0.1) is 0 Å². The number of carboxylic acid groups (broad SMARTS) is 1. The van der Waals surface area contributed by atoms with Gasteiger partial charge >= 0.3 is 5.97 Å². The number of aliphatic carboxylic acids is 1. The first-order valence-electron chi connectivity index (χ1n) is 10.4. The number of amides is 3. The smallest absolute Gasteiger partial charge is 0.326 e. The van der Waals surface area contributed by atoms with Crippen LogP contribution in [0.2, 0.25) is 0 Å². The highest BCUT2D eigenvalue weighted by Crippen LogP contribution is 2.09. The minimum atomic E-state index is -1.16. The second-order valence-corrected chi connectivity index (χ2v) is 8.76. The van der Waals surface area contributed by atoms with Gasteiger partial charge in [-0.2, -0.15) is 12.6 Å². The van der Waals surface area contributed by atoms with E-state index < -0.39 is 47.9 Å². The van der Waals surface area contributed by atoms with Crippen LogP contribution in [-0.2, 0) is 25.6 Å². The molecule has 0 aromatic carbocycles. The van der Waals surface area contributed by atoms with Crippen molar-refractivity contribution in [3.05, 3.63) is 18.2 Å². The number of thiol groups is 1. The van der Waals surface area contributed by atoms with E-state index in [4.69, 9.17) is 5.73 Å². The minimum Gasteiger partial charge on any atom is -0.480 e. The van der Waals surface area contributed by atoms with Crippen LogP contribution in [-0.4, -0.2) is 68.7 Å². The molecule has 0 fully saturated rings. The van der Waals surface area contributed by atoms with E-state index >= 15 is 0 Å². The zero-order chi connectivity index (χ0) is 24.4. The number of aromatic amines is 1. The van der Waals surface area contributed by atoms with Crippen molar-refractivity contribution < 1.29 is 24.3 Å². The fourth-order valence-electron chi connectivity index (χ4n) is 2.93. The normalized spacial score (nSPS) is 15.0. The van der Waals surface area contributed by atoms with E-state index in [0.717, 1.165) is 0 Å². The number of nitrogens with two attached hydrogens (primary N) is 1. The average molecular weight is 471 g/mol. The molecule has 1 aromatic rings. The standard InChI is InChI=1S/C20H34N6O5S/c1-10(2)5-14(19(29)26-16(11(3)4)20(30)31)25-18(28)15(6-12-7-22-9-23-12)24-17(27)13(21)8-32/h7,9-11,13-16,32H,5-6,8,21H2,1-4H3,(H,22,23)(H,24,27)(H,25,28)(H,26,29)(H,30,31). The summed E-state index contributed by atoms with van der Waals surface area (Å²) in [5, 5.41) is 17.1. The fourth-order valence-corrected chi connectivity index (χ4v) is 3.10. The summed E-state index contributed by atoms with van der Waals surface area (Å²) in [4.78, 5) is 56.4. The van der Waals surface area contributed by atoms with Gasteiger partial charge in [0, 0.05) is 24.1 Å². The second kappa shape index (κ2) is 13.1. The lowest BCUT2D eigenvalue weighted by Crippen LogP contribution is -2.58. The van der Waals surface area contributed by atoms with Gasteiger partial charge < -0.3 is 31.8 Å². The highest BCUT2D eigenvalue weighted by molar-refractivity contribution is 7.80. The van der Waals surface area contributed by atoms with E-state index in [1.54, 1.807) is 13.8 Å². The van der Waals surface area contributed by atoms with E-state index in [-0.39, 0.29) is 30.4 Å². The molecule has 0 spiro atoms. The number of carbonyl (C=O) groups is 4. The number of rotatable bonds is 13. The summed E-state index contributed by atoms with van der Waals surface area (Å²) in [6.45, 7) is 7.10. The van der Waals surface area contributed by atoms with Gasteiger partial charge in [-0.1, -0.05) is 27.7 Å². The van der Waals surface area contributed by atoms with Crippen LogP contribution in [0.1, 0.15) is 39.8 Å². The highest BCUT2D eigenvalue weighted by Gasteiger charge is 2.31. The number of H-pyrrole nitrogens is 1. The Labute approximate surface area is 193 Å². The fraction of sp³-hybridized carbons (Fsp3) is 0.650. The maximum Gasteiger partial charge on any atom is 0.326 e. The molecule has 12 heteroatoms. The third-order valence-electron chi connectivity index (χ3n) is 4.72. The molecule has 0 aliphatic rings. The monoisotopic (exact) mass is 470 g/mol. The summed E-state index contributed by atoms with van der Waals surface area (Å²) < 4.78 is 0. The van der Waals surface area contributed by atoms with Gasteiger partial charge in [0.05, 0.1) is 12.4 Å². The van der Waals surface area contributed by atoms with Gasteiger partial charge in [0.1, 0.15) is 18.1 Å². The molecule has 1 rings (SSSR count). The van der Waals surface area contributed by atoms with Crippen molar-refractivity contribution in [3.63, 3.8) is 0 Å². The van der Waals surface area contributed by atoms with Crippen molar-refractivity contribution >= 4 is 36.3 Å². The molecule has 4 atom stereocenters. The zero-order valence-corrected chi connectivity index (χ0v) is 19.7. The third kappa shape index (κ3) is 8.87. The molecule has 4 unspecified atom stereocenters. The van der Waals surface area contributed by atoms with Crippen molar-refractivity contribution in [3.8, 4) is 0 Å². The van der Waals surface area contributed by atoms with E-state index in [1.807, 2.05) is 13.8 Å². The molecule has 180 valence electrons. The minimum absolute atomic E-state index is 0.0339. The van der Waals surface area contributed by atoms with Crippen molar-refractivity contribution in [2.75, 3.05) is 5.75 Å². The van der Waals surface area contributed by atoms with Crippen LogP contribution >= 0.6 is 12.6 Å². The first kappa shape index (κ1) is 27.4. The summed E-state index contributed by atoms with van der Waals surface area (Å²) >= 11 is 4.00. The number of nitrogens with one attached hydrogen (secondary N) is 4. The summed E-state index contributed by atoms with van der Waals surface area (Å²) in [7, 11) is 0. The van der Waals surface area contributed by atoms with Crippen LogP contribution < -0.4 is 21.7 Å². The quantitative estimate of drug-likeness (QED) is 0.189. The average Bonchev–Trinajstić information content (AvgIpc) is 3.22. The number of carbonyl (C=O) groups excluding carboxylic acids is 3. The molecule has 7 N–H and O–H groups in total. The summed E-state index contributed by atoms with van der Waals surface area (Å²) in [6, 6.07) is -4.02. The number of hydrogen-bond donors (Lipinski definition) is 7. The Bertz CT molecular complexity index is 771. The topological polar surface area (TPSA) is 179 Å². The van der Waals surface area contributed by atoms with Gasteiger partial charge in [0.25, 0.3) is 0 Å². The molecule has 0 aliphatic carbocycles. The van der Waals surface area contributed by atoms with Crippen LogP contribution in [0, 0.1) is 11.8 Å². The Morgan fingerprint density at radius 3 is 2.12 bits per heavy atom. The van der Waals surface area contributed by atoms with E-state index in [0.29, 0.717) is 5.69 Å². The molecule has 0 aliphatic heterocycles. The summed E-state index contributed by atoms with van der Waals surface area (Å²) in [6.07, 6.45) is 3.33. The molecule has 11 nitrogen and oxygen atoms in total. The molecule has 0 saturated carbocycles.